The van der Waals surface area contributed by atoms with E-state index < -0.39 is 0 Å². The molecular formula is C16H14BrClO. The first-order valence-electron chi connectivity index (χ1n) is 6.06. The van der Waals surface area contributed by atoms with Gasteiger partial charge in [-0.2, -0.15) is 0 Å². The predicted octanol–water partition coefficient (Wildman–Crippen LogP) is 5.02. The minimum absolute atomic E-state index is 0.103. The Hall–Kier alpha value is -1.12. The van der Waals surface area contributed by atoms with Crippen molar-refractivity contribution in [1.29, 1.82) is 0 Å². The van der Waals surface area contributed by atoms with Crippen molar-refractivity contribution in [2.75, 3.05) is 0 Å². The van der Waals surface area contributed by atoms with E-state index in [1.807, 2.05) is 48.5 Å². The molecule has 0 spiro atoms. The molecule has 2 aromatic carbocycles. The number of Topliss-reactive ketones (excluding diaryl/α,β-unsaturated/α-hetero) is 1. The zero-order valence-electron chi connectivity index (χ0n) is 10.6. The lowest BCUT2D eigenvalue weighted by Gasteiger charge is -2.14. The van der Waals surface area contributed by atoms with Crippen LogP contribution in [0.3, 0.4) is 0 Å². The average Bonchev–Trinajstić information content (AvgIpc) is 2.39. The highest BCUT2D eigenvalue weighted by Crippen LogP contribution is 2.24. The lowest BCUT2D eigenvalue weighted by molar-refractivity contribution is -0.118. The predicted molar refractivity (Wildman–Crippen MR) is 82.7 cm³/mol. The zero-order chi connectivity index (χ0) is 13.8. The van der Waals surface area contributed by atoms with Crippen molar-refractivity contribution in [3.63, 3.8) is 0 Å². The number of rotatable bonds is 4. The molecule has 98 valence electrons. The van der Waals surface area contributed by atoms with E-state index >= 15 is 0 Å². The van der Waals surface area contributed by atoms with Crippen LogP contribution in [0.2, 0.25) is 5.02 Å². The molecule has 2 aromatic rings. The van der Waals surface area contributed by atoms with Gasteiger partial charge in [-0.1, -0.05) is 51.8 Å². The van der Waals surface area contributed by atoms with Crippen molar-refractivity contribution in [3.8, 4) is 0 Å². The first-order chi connectivity index (χ1) is 9.06. The highest BCUT2D eigenvalue weighted by atomic mass is 79.9. The van der Waals surface area contributed by atoms with Crippen LogP contribution < -0.4 is 0 Å². The van der Waals surface area contributed by atoms with Gasteiger partial charge < -0.3 is 0 Å². The van der Waals surface area contributed by atoms with Crippen LogP contribution in [0, 0.1) is 0 Å². The second kappa shape index (κ2) is 6.36. The summed E-state index contributed by atoms with van der Waals surface area (Å²) in [6.45, 7) is 1.64. The number of ketones is 1. The van der Waals surface area contributed by atoms with E-state index in [1.54, 1.807) is 6.92 Å². The van der Waals surface area contributed by atoms with Crippen molar-refractivity contribution in [1.82, 2.24) is 0 Å². The second-order valence-electron chi connectivity index (χ2n) is 4.55. The molecule has 19 heavy (non-hydrogen) atoms. The lowest BCUT2D eigenvalue weighted by atomic mass is 9.89. The fourth-order valence-corrected chi connectivity index (χ4v) is 2.44. The van der Waals surface area contributed by atoms with E-state index in [-0.39, 0.29) is 11.7 Å². The molecule has 0 saturated heterocycles. The van der Waals surface area contributed by atoms with Crippen LogP contribution in [0.5, 0.6) is 0 Å². The summed E-state index contributed by atoms with van der Waals surface area (Å²) in [6.07, 6.45) is 0.703. The summed E-state index contributed by atoms with van der Waals surface area (Å²) in [4.78, 5) is 11.9. The van der Waals surface area contributed by atoms with Gasteiger partial charge in [-0.05, 0) is 48.7 Å². The van der Waals surface area contributed by atoms with Crippen molar-refractivity contribution in [3.05, 3.63) is 69.2 Å². The van der Waals surface area contributed by atoms with Crippen LogP contribution in [0.4, 0.5) is 0 Å². The molecule has 0 aliphatic heterocycles. The Morgan fingerprint density at radius 3 is 2.21 bits per heavy atom. The van der Waals surface area contributed by atoms with Gasteiger partial charge in [0.15, 0.2) is 0 Å². The first-order valence-corrected chi connectivity index (χ1v) is 7.23. The molecule has 0 aliphatic carbocycles. The molecule has 1 nitrogen and oxygen atoms in total. The molecule has 0 aliphatic rings. The quantitative estimate of drug-likeness (QED) is 0.766. The lowest BCUT2D eigenvalue weighted by Crippen LogP contribution is -2.12. The molecule has 0 amide bonds. The summed E-state index contributed by atoms with van der Waals surface area (Å²) in [5.41, 5.74) is 2.16. The third-order valence-corrected chi connectivity index (χ3v) is 3.90. The fraction of sp³-hybridized carbons (Fsp3) is 0.188. The Balaban J connectivity index is 2.23. The van der Waals surface area contributed by atoms with Crippen molar-refractivity contribution < 1.29 is 4.79 Å². The van der Waals surface area contributed by atoms with Crippen molar-refractivity contribution >= 4 is 33.3 Å². The Kier molecular flexibility index (Phi) is 4.78. The molecule has 1 unspecified atom stereocenters. The highest BCUT2D eigenvalue weighted by Gasteiger charge is 2.17. The SMILES string of the molecule is CC(=O)C(Cc1ccc(Cl)cc1)c1ccc(Br)cc1. The number of carbonyl (C=O) groups excluding carboxylic acids is 1. The molecule has 0 bridgehead atoms. The standard InChI is InChI=1S/C16H14BrClO/c1-11(19)16(13-4-6-14(17)7-5-13)10-12-2-8-15(18)9-3-12/h2-9,16H,10H2,1H3. The molecule has 1 atom stereocenters. The smallest absolute Gasteiger partial charge is 0.137 e. The van der Waals surface area contributed by atoms with Crippen LogP contribution >= 0.6 is 27.5 Å². The van der Waals surface area contributed by atoms with Gasteiger partial charge >= 0.3 is 0 Å². The Morgan fingerprint density at radius 1 is 1.11 bits per heavy atom. The topological polar surface area (TPSA) is 17.1 Å². The molecule has 3 heteroatoms. The highest BCUT2D eigenvalue weighted by molar-refractivity contribution is 9.10. The minimum Gasteiger partial charge on any atom is -0.299 e. The summed E-state index contributed by atoms with van der Waals surface area (Å²) in [7, 11) is 0. The number of benzene rings is 2. The minimum atomic E-state index is -0.103. The van der Waals surface area contributed by atoms with Gasteiger partial charge in [0.1, 0.15) is 5.78 Å². The van der Waals surface area contributed by atoms with E-state index in [4.69, 9.17) is 11.6 Å². The van der Waals surface area contributed by atoms with Crippen LogP contribution in [-0.4, -0.2) is 5.78 Å². The summed E-state index contributed by atoms with van der Waals surface area (Å²) < 4.78 is 1.02. The van der Waals surface area contributed by atoms with E-state index in [2.05, 4.69) is 15.9 Å². The van der Waals surface area contributed by atoms with Crippen molar-refractivity contribution in [2.24, 2.45) is 0 Å². The second-order valence-corrected chi connectivity index (χ2v) is 5.90. The van der Waals surface area contributed by atoms with E-state index in [9.17, 15) is 4.79 Å². The molecule has 0 radical (unpaired) electrons. The van der Waals surface area contributed by atoms with Crippen LogP contribution in [0.1, 0.15) is 24.0 Å². The zero-order valence-corrected chi connectivity index (χ0v) is 12.9. The Morgan fingerprint density at radius 2 is 1.68 bits per heavy atom. The maximum Gasteiger partial charge on any atom is 0.137 e. The molecule has 0 N–H and O–H groups in total. The van der Waals surface area contributed by atoms with Gasteiger partial charge in [0, 0.05) is 15.4 Å². The summed E-state index contributed by atoms with van der Waals surface area (Å²) in [6, 6.07) is 15.6. The van der Waals surface area contributed by atoms with Gasteiger partial charge in [-0.15, -0.1) is 0 Å². The first kappa shape index (κ1) is 14.3. The summed E-state index contributed by atoms with van der Waals surface area (Å²) in [5, 5.41) is 0.715. The maximum absolute atomic E-state index is 11.9. The molecule has 2 rings (SSSR count). The Bertz CT molecular complexity index is 560. The number of hydrogen-bond donors (Lipinski definition) is 0. The van der Waals surface area contributed by atoms with E-state index in [0.29, 0.717) is 11.4 Å². The molecule has 0 heterocycles. The van der Waals surface area contributed by atoms with Crippen LogP contribution in [0.15, 0.2) is 53.0 Å². The fourth-order valence-electron chi connectivity index (χ4n) is 2.05. The molecule has 0 aromatic heterocycles. The van der Waals surface area contributed by atoms with Gasteiger partial charge in [-0.25, -0.2) is 0 Å². The maximum atomic E-state index is 11.9. The van der Waals surface area contributed by atoms with Gasteiger partial charge in [0.2, 0.25) is 0 Å². The average molecular weight is 338 g/mol. The molecule has 0 fully saturated rings. The van der Waals surface area contributed by atoms with Gasteiger partial charge in [0.25, 0.3) is 0 Å². The van der Waals surface area contributed by atoms with Gasteiger partial charge in [0.05, 0.1) is 0 Å². The number of carbonyl (C=O) groups is 1. The Labute approximate surface area is 126 Å². The van der Waals surface area contributed by atoms with Gasteiger partial charge in [-0.3, -0.25) is 4.79 Å². The number of halogens is 2. The monoisotopic (exact) mass is 336 g/mol. The summed E-state index contributed by atoms with van der Waals surface area (Å²) >= 11 is 9.28. The van der Waals surface area contributed by atoms with E-state index in [0.717, 1.165) is 15.6 Å². The molecular weight excluding hydrogens is 324 g/mol. The normalized spacial score (nSPS) is 12.2. The third-order valence-electron chi connectivity index (χ3n) is 3.12. The summed E-state index contributed by atoms with van der Waals surface area (Å²) in [5.74, 6) is 0.0755. The third kappa shape index (κ3) is 3.92. The van der Waals surface area contributed by atoms with E-state index in [1.165, 1.54) is 0 Å². The van der Waals surface area contributed by atoms with Crippen LogP contribution in [0.25, 0.3) is 0 Å². The number of hydrogen-bond acceptors (Lipinski definition) is 1. The largest absolute Gasteiger partial charge is 0.299 e. The van der Waals surface area contributed by atoms with Crippen LogP contribution in [-0.2, 0) is 11.2 Å². The molecule has 0 saturated carbocycles. The van der Waals surface area contributed by atoms with Crippen molar-refractivity contribution in [2.45, 2.75) is 19.3 Å².